The van der Waals surface area contributed by atoms with E-state index in [0.29, 0.717) is 0 Å². The third-order valence-corrected chi connectivity index (χ3v) is 11.5. The Labute approximate surface area is 364 Å². The SMILES string of the molecule is c1ccc(-c2ccc(N(c3ccccc3)c3cccc(-c4ccc(-c5ccc(N(c6ccccc6)c6ccc(-c7ccccc7)cc6)cc5-c5ccccc5)cc4)c3)cc2)cc1. The van der Waals surface area contributed by atoms with Crippen LogP contribution in [0.4, 0.5) is 34.1 Å². The summed E-state index contributed by atoms with van der Waals surface area (Å²) in [5, 5.41) is 0. The van der Waals surface area contributed by atoms with Gasteiger partial charge in [-0.25, -0.2) is 0 Å². The van der Waals surface area contributed by atoms with E-state index < -0.39 is 0 Å². The van der Waals surface area contributed by atoms with E-state index in [1.807, 2.05) is 0 Å². The monoisotopic (exact) mass is 792 g/mol. The van der Waals surface area contributed by atoms with Gasteiger partial charge < -0.3 is 9.80 Å². The van der Waals surface area contributed by atoms with Gasteiger partial charge in [0.05, 0.1) is 0 Å². The van der Waals surface area contributed by atoms with Gasteiger partial charge in [-0.15, -0.1) is 0 Å². The molecule has 0 unspecified atom stereocenters. The van der Waals surface area contributed by atoms with Gasteiger partial charge in [-0.1, -0.05) is 194 Å². The average Bonchev–Trinajstić information content (AvgIpc) is 3.36. The summed E-state index contributed by atoms with van der Waals surface area (Å²) in [7, 11) is 0. The highest BCUT2D eigenvalue weighted by Crippen LogP contribution is 2.42. The molecule has 0 saturated heterocycles. The maximum absolute atomic E-state index is 2.34. The third-order valence-electron chi connectivity index (χ3n) is 11.5. The second-order valence-corrected chi connectivity index (χ2v) is 15.4. The molecule has 0 spiro atoms. The lowest BCUT2D eigenvalue weighted by molar-refractivity contribution is 1.28. The van der Waals surface area contributed by atoms with Gasteiger partial charge in [0.15, 0.2) is 0 Å². The quantitative estimate of drug-likeness (QED) is 0.129. The predicted molar refractivity (Wildman–Crippen MR) is 263 cm³/mol. The van der Waals surface area contributed by atoms with Gasteiger partial charge >= 0.3 is 0 Å². The molecule has 0 fully saturated rings. The first-order valence-corrected chi connectivity index (χ1v) is 21.2. The number of benzene rings is 10. The zero-order chi connectivity index (χ0) is 41.5. The topological polar surface area (TPSA) is 6.48 Å². The van der Waals surface area contributed by atoms with Crippen molar-refractivity contribution in [2.75, 3.05) is 9.80 Å². The predicted octanol–water partition coefficient (Wildman–Crippen LogP) is 17.0. The Morgan fingerprint density at radius 2 is 0.452 bits per heavy atom. The Kier molecular flexibility index (Phi) is 10.8. The standard InChI is InChI=1S/C60H44N2/c1-6-17-45(18-7-1)47-33-37-55(38-34-47)61(53-24-12-4-13-25-53)57-28-16-23-52(43-57)49-29-31-51(32-30-49)59-42-41-58(44-60(59)50-21-10-3-11-22-50)62(54-26-14-5-15-27-54)56-39-35-48(36-40-56)46-19-8-2-9-20-46/h1-44H. The molecule has 2 heteroatoms. The molecule has 0 aliphatic heterocycles. The van der Waals surface area contributed by atoms with E-state index in [4.69, 9.17) is 0 Å². The number of hydrogen-bond acceptors (Lipinski definition) is 2. The van der Waals surface area contributed by atoms with Crippen LogP contribution in [0.25, 0.3) is 55.6 Å². The van der Waals surface area contributed by atoms with Crippen LogP contribution in [0.2, 0.25) is 0 Å². The minimum Gasteiger partial charge on any atom is -0.310 e. The molecule has 2 nitrogen and oxygen atoms in total. The molecule has 294 valence electrons. The van der Waals surface area contributed by atoms with E-state index in [1.165, 1.54) is 44.5 Å². The minimum absolute atomic E-state index is 1.09. The zero-order valence-electron chi connectivity index (χ0n) is 34.3. The molecule has 0 aliphatic rings. The molecule has 0 amide bonds. The molecule has 0 N–H and O–H groups in total. The minimum atomic E-state index is 1.09. The first-order valence-electron chi connectivity index (χ1n) is 21.2. The summed E-state index contributed by atoms with van der Waals surface area (Å²) >= 11 is 0. The van der Waals surface area contributed by atoms with Crippen molar-refractivity contribution in [2.45, 2.75) is 0 Å². The number of hydrogen-bond donors (Lipinski definition) is 0. The van der Waals surface area contributed by atoms with Crippen LogP contribution >= 0.6 is 0 Å². The molecule has 0 saturated carbocycles. The number of anilines is 6. The van der Waals surface area contributed by atoms with Crippen LogP contribution in [0.15, 0.2) is 267 Å². The molecule has 0 atom stereocenters. The van der Waals surface area contributed by atoms with Crippen LogP contribution in [0.5, 0.6) is 0 Å². The molecule has 10 aromatic carbocycles. The Hall–Kier alpha value is -8.20. The normalized spacial score (nSPS) is 10.9. The molecule has 10 rings (SSSR count). The van der Waals surface area contributed by atoms with Gasteiger partial charge in [-0.3, -0.25) is 0 Å². The van der Waals surface area contributed by atoms with Crippen LogP contribution < -0.4 is 9.80 Å². The zero-order valence-corrected chi connectivity index (χ0v) is 34.3. The Morgan fingerprint density at radius 1 is 0.161 bits per heavy atom. The molecule has 10 aromatic rings. The second-order valence-electron chi connectivity index (χ2n) is 15.4. The average molecular weight is 793 g/mol. The fraction of sp³-hybridized carbons (Fsp3) is 0. The maximum atomic E-state index is 2.34. The van der Waals surface area contributed by atoms with Gasteiger partial charge in [-0.2, -0.15) is 0 Å². The first kappa shape index (κ1) is 38.0. The Morgan fingerprint density at radius 3 is 0.935 bits per heavy atom. The van der Waals surface area contributed by atoms with Crippen molar-refractivity contribution in [3.8, 4) is 55.6 Å². The summed E-state index contributed by atoms with van der Waals surface area (Å²) in [5.41, 5.74) is 18.4. The van der Waals surface area contributed by atoms with Gasteiger partial charge in [-0.05, 0) is 128 Å². The van der Waals surface area contributed by atoms with Crippen molar-refractivity contribution in [3.05, 3.63) is 267 Å². The van der Waals surface area contributed by atoms with Gasteiger partial charge in [0.1, 0.15) is 0 Å². The maximum Gasteiger partial charge on any atom is 0.0468 e. The third kappa shape index (κ3) is 8.06. The molecular weight excluding hydrogens is 749 g/mol. The highest BCUT2D eigenvalue weighted by molar-refractivity contribution is 5.90. The van der Waals surface area contributed by atoms with Crippen molar-refractivity contribution in [2.24, 2.45) is 0 Å². The molecule has 0 heterocycles. The summed E-state index contributed by atoms with van der Waals surface area (Å²) in [4.78, 5) is 4.67. The molecule has 0 bridgehead atoms. The van der Waals surface area contributed by atoms with E-state index in [2.05, 4.69) is 277 Å². The molecule has 62 heavy (non-hydrogen) atoms. The summed E-state index contributed by atoms with van der Waals surface area (Å²) in [6, 6.07) is 95.5. The molecule has 0 radical (unpaired) electrons. The fourth-order valence-electron chi connectivity index (χ4n) is 8.36. The van der Waals surface area contributed by atoms with E-state index in [-0.39, 0.29) is 0 Å². The van der Waals surface area contributed by atoms with Crippen molar-refractivity contribution in [3.63, 3.8) is 0 Å². The van der Waals surface area contributed by atoms with Crippen LogP contribution in [0.1, 0.15) is 0 Å². The van der Waals surface area contributed by atoms with Crippen LogP contribution in [-0.2, 0) is 0 Å². The lowest BCUT2D eigenvalue weighted by Crippen LogP contribution is -2.10. The number of nitrogens with zero attached hydrogens (tertiary/aromatic N) is 2. The largest absolute Gasteiger partial charge is 0.310 e. The lowest BCUT2D eigenvalue weighted by Gasteiger charge is -2.27. The van der Waals surface area contributed by atoms with Crippen LogP contribution in [0.3, 0.4) is 0 Å². The Bertz CT molecular complexity index is 3000. The van der Waals surface area contributed by atoms with E-state index in [9.17, 15) is 0 Å². The highest BCUT2D eigenvalue weighted by atomic mass is 15.1. The van der Waals surface area contributed by atoms with Crippen molar-refractivity contribution in [1.29, 1.82) is 0 Å². The smallest absolute Gasteiger partial charge is 0.0468 e. The van der Waals surface area contributed by atoms with Crippen molar-refractivity contribution < 1.29 is 0 Å². The first-order chi connectivity index (χ1) is 30.7. The van der Waals surface area contributed by atoms with Crippen molar-refractivity contribution in [1.82, 2.24) is 0 Å². The van der Waals surface area contributed by atoms with Gasteiger partial charge in [0.25, 0.3) is 0 Å². The molecule has 0 aliphatic carbocycles. The fourth-order valence-corrected chi connectivity index (χ4v) is 8.36. The van der Waals surface area contributed by atoms with Crippen LogP contribution in [0, 0.1) is 0 Å². The Balaban J connectivity index is 0.993. The lowest BCUT2D eigenvalue weighted by atomic mass is 9.92. The van der Waals surface area contributed by atoms with Gasteiger partial charge in [0.2, 0.25) is 0 Å². The van der Waals surface area contributed by atoms with Crippen LogP contribution in [-0.4, -0.2) is 0 Å². The second kappa shape index (κ2) is 17.6. The molecule has 0 aromatic heterocycles. The summed E-state index contributed by atoms with van der Waals surface area (Å²) in [5.74, 6) is 0. The summed E-state index contributed by atoms with van der Waals surface area (Å²) in [6.07, 6.45) is 0. The molecular formula is C60H44N2. The summed E-state index contributed by atoms with van der Waals surface area (Å²) < 4.78 is 0. The van der Waals surface area contributed by atoms with E-state index in [1.54, 1.807) is 0 Å². The number of rotatable bonds is 11. The van der Waals surface area contributed by atoms with E-state index >= 15 is 0 Å². The van der Waals surface area contributed by atoms with Gasteiger partial charge in [0, 0.05) is 34.1 Å². The highest BCUT2D eigenvalue weighted by Gasteiger charge is 2.18. The summed E-state index contributed by atoms with van der Waals surface area (Å²) in [6.45, 7) is 0. The van der Waals surface area contributed by atoms with Crippen molar-refractivity contribution >= 4 is 34.1 Å². The number of para-hydroxylation sites is 2. The van der Waals surface area contributed by atoms with E-state index in [0.717, 1.165) is 45.3 Å².